The van der Waals surface area contributed by atoms with Crippen molar-refractivity contribution in [1.29, 1.82) is 5.26 Å². The van der Waals surface area contributed by atoms with Gasteiger partial charge >= 0.3 is 0 Å². The highest BCUT2D eigenvalue weighted by atomic mass is 35.5. The fourth-order valence-electron chi connectivity index (χ4n) is 2.02. The van der Waals surface area contributed by atoms with Crippen molar-refractivity contribution >= 4 is 21.4 Å². The molecule has 0 saturated carbocycles. The van der Waals surface area contributed by atoms with E-state index in [1.807, 2.05) is 6.07 Å². The van der Waals surface area contributed by atoms with E-state index in [9.17, 15) is 13.2 Å². The first-order valence-corrected chi connectivity index (χ1v) is 8.76. The summed E-state index contributed by atoms with van der Waals surface area (Å²) in [5, 5.41) is 13.6. The molecule has 0 saturated heterocycles. The summed E-state index contributed by atoms with van der Waals surface area (Å²) < 4.78 is 25.6. The van der Waals surface area contributed by atoms with Gasteiger partial charge in [-0.2, -0.15) is 10.4 Å². The van der Waals surface area contributed by atoms with Crippen molar-refractivity contribution in [3.05, 3.63) is 56.5 Å². The van der Waals surface area contributed by atoms with Gasteiger partial charge in [0.25, 0.3) is 5.56 Å². The predicted octanol–water partition coefficient (Wildman–Crippen LogP) is 1.86. The Morgan fingerprint density at radius 1 is 1.26 bits per heavy atom. The predicted molar refractivity (Wildman–Crippen MR) is 86.2 cm³/mol. The first-order valence-electron chi connectivity index (χ1n) is 6.73. The Morgan fingerprint density at radius 2 is 1.87 bits per heavy atom. The quantitative estimate of drug-likeness (QED) is 0.838. The van der Waals surface area contributed by atoms with Gasteiger partial charge in [-0.1, -0.05) is 11.6 Å². The second kappa shape index (κ2) is 6.52. The number of hydrogen-bond acceptors (Lipinski definition) is 5. The van der Waals surface area contributed by atoms with E-state index in [2.05, 4.69) is 5.10 Å². The number of hydrogen-bond donors (Lipinski definition) is 0. The lowest BCUT2D eigenvalue weighted by atomic mass is 10.1. The van der Waals surface area contributed by atoms with Crippen LogP contribution >= 0.6 is 11.6 Å². The molecule has 0 N–H and O–H groups in total. The van der Waals surface area contributed by atoms with Crippen LogP contribution in [0.1, 0.15) is 16.8 Å². The molecule has 0 atom stereocenters. The lowest BCUT2D eigenvalue weighted by molar-refractivity contribution is 0.566. The molecule has 0 aliphatic rings. The van der Waals surface area contributed by atoms with E-state index < -0.39 is 15.4 Å². The van der Waals surface area contributed by atoms with E-state index in [0.29, 0.717) is 16.3 Å². The molecule has 6 nitrogen and oxygen atoms in total. The molecule has 1 heterocycles. The average molecular weight is 352 g/mol. The van der Waals surface area contributed by atoms with Crippen molar-refractivity contribution in [1.82, 2.24) is 9.78 Å². The van der Waals surface area contributed by atoms with Crippen LogP contribution < -0.4 is 5.56 Å². The van der Waals surface area contributed by atoms with Gasteiger partial charge in [-0.3, -0.25) is 4.79 Å². The number of benzene rings is 1. The summed E-state index contributed by atoms with van der Waals surface area (Å²) in [5.41, 5.74) is 0.433. The molecule has 1 aromatic heterocycles. The minimum Gasteiger partial charge on any atom is -0.266 e. The summed E-state index contributed by atoms with van der Waals surface area (Å²) in [5.74, 6) is -0.297. The standard InChI is InChI=1S/C15H14ClN3O3S/c1-10-11(2)18-19(15(20)14(10)9-17)7-8-23(21,22)13-5-3-12(16)4-6-13/h3-6H,7-8H2,1-2H3. The number of aromatic nitrogens is 2. The van der Waals surface area contributed by atoms with Gasteiger partial charge in [0.1, 0.15) is 11.6 Å². The zero-order chi connectivity index (χ0) is 17.2. The fraction of sp³-hybridized carbons (Fsp3) is 0.267. The Morgan fingerprint density at radius 3 is 2.43 bits per heavy atom. The van der Waals surface area contributed by atoms with Gasteiger partial charge in [-0.25, -0.2) is 13.1 Å². The highest BCUT2D eigenvalue weighted by Gasteiger charge is 2.17. The van der Waals surface area contributed by atoms with Crippen molar-refractivity contribution in [2.45, 2.75) is 25.3 Å². The lowest BCUT2D eigenvalue weighted by Gasteiger charge is -2.09. The van der Waals surface area contributed by atoms with Crippen LogP contribution in [0.2, 0.25) is 5.02 Å². The molecule has 8 heteroatoms. The first kappa shape index (κ1) is 17.2. The largest absolute Gasteiger partial charge is 0.284 e. The molecule has 2 aromatic rings. The van der Waals surface area contributed by atoms with Crippen LogP contribution in [0.25, 0.3) is 0 Å². The summed E-state index contributed by atoms with van der Waals surface area (Å²) in [7, 11) is -3.58. The van der Waals surface area contributed by atoms with Crippen LogP contribution in [-0.2, 0) is 16.4 Å². The molecule has 120 valence electrons. The van der Waals surface area contributed by atoms with Crippen molar-refractivity contribution in [3.63, 3.8) is 0 Å². The van der Waals surface area contributed by atoms with Gasteiger partial charge in [0.15, 0.2) is 9.84 Å². The van der Waals surface area contributed by atoms with Crippen molar-refractivity contribution in [2.24, 2.45) is 0 Å². The Balaban J connectivity index is 2.31. The molecule has 0 aliphatic carbocycles. The second-order valence-electron chi connectivity index (χ2n) is 5.00. The van der Waals surface area contributed by atoms with Crippen LogP contribution in [0, 0.1) is 25.2 Å². The highest BCUT2D eigenvalue weighted by Crippen LogP contribution is 2.15. The molecule has 0 radical (unpaired) electrons. The Kier molecular flexibility index (Phi) is 4.88. The van der Waals surface area contributed by atoms with E-state index >= 15 is 0 Å². The topological polar surface area (TPSA) is 92.8 Å². The molecule has 2 rings (SSSR count). The van der Waals surface area contributed by atoms with Gasteiger partial charge < -0.3 is 0 Å². The molecule has 0 bridgehead atoms. The summed E-state index contributed by atoms with van der Waals surface area (Å²) >= 11 is 5.74. The summed E-state index contributed by atoms with van der Waals surface area (Å²) in [4.78, 5) is 12.3. The van der Waals surface area contributed by atoms with Crippen LogP contribution in [0.3, 0.4) is 0 Å². The number of halogens is 1. The van der Waals surface area contributed by atoms with E-state index in [0.717, 1.165) is 4.68 Å². The van der Waals surface area contributed by atoms with Crippen LogP contribution in [-0.4, -0.2) is 24.0 Å². The molecular weight excluding hydrogens is 338 g/mol. The Bertz CT molecular complexity index is 942. The molecule has 0 spiro atoms. The Hall–Kier alpha value is -2.17. The van der Waals surface area contributed by atoms with Gasteiger partial charge in [0.05, 0.1) is 22.9 Å². The molecule has 0 aliphatic heterocycles. The van der Waals surface area contributed by atoms with Gasteiger partial charge in [0.2, 0.25) is 0 Å². The zero-order valence-electron chi connectivity index (χ0n) is 12.6. The summed E-state index contributed by atoms with van der Waals surface area (Å²) in [6.45, 7) is 3.18. The van der Waals surface area contributed by atoms with Crippen molar-refractivity contribution in [3.8, 4) is 6.07 Å². The molecule has 0 fully saturated rings. The van der Waals surface area contributed by atoms with Crippen molar-refractivity contribution < 1.29 is 8.42 Å². The van der Waals surface area contributed by atoms with E-state index in [4.69, 9.17) is 16.9 Å². The van der Waals surface area contributed by atoms with Crippen molar-refractivity contribution in [2.75, 3.05) is 5.75 Å². The SMILES string of the molecule is Cc1nn(CCS(=O)(=O)c2ccc(Cl)cc2)c(=O)c(C#N)c1C. The lowest BCUT2D eigenvalue weighted by Crippen LogP contribution is -2.30. The van der Waals surface area contributed by atoms with E-state index in [-0.39, 0.29) is 22.8 Å². The average Bonchev–Trinajstić information content (AvgIpc) is 2.51. The maximum Gasteiger partial charge on any atom is 0.284 e. The zero-order valence-corrected chi connectivity index (χ0v) is 14.1. The van der Waals surface area contributed by atoms with Gasteiger partial charge in [0, 0.05) is 5.02 Å². The second-order valence-corrected chi connectivity index (χ2v) is 7.54. The van der Waals surface area contributed by atoms with Crippen LogP contribution in [0.15, 0.2) is 34.0 Å². The third kappa shape index (κ3) is 3.60. The summed E-state index contributed by atoms with van der Waals surface area (Å²) in [6.07, 6.45) is 0. The molecule has 0 unspecified atom stereocenters. The number of nitrogens with zero attached hydrogens (tertiary/aromatic N) is 3. The number of sulfone groups is 1. The Labute approximate surface area is 138 Å². The molecule has 23 heavy (non-hydrogen) atoms. The molecular formula is C15H14ClN3O3S. The third-order valence-electron chi connectivity index (χ3n) is 3.49. The van der Waals surface area contributed by atoms with E-state index in [1.54, 1.807) is 13.8 Å². The highest BCUT2D eigenvalue weighted by molar-refractivity contribution is 7.91. The minimum absolute atomic E-state index is 0.0126. The van der Waals surface area contributed by atoms with Crippen LogP contribution in [0.4, 0.5) is 0 Å². The number of rotatable bonds is 4. The third-order valence-corrected chi connectivity index (χ3v) is 5.46. The maximum atomic E-state index is 12.3. The minimum atomic E-state index is -3.58. The summed E-state index contributed by atoms with van der Waals surface area (Å²) in [6, 6.07) is 7.64. The maximum absolute atomic E-state index is 12.3. The van der Waals surface area contributed by atoms with Gasteiger partial charge in [-0.05, 0) is 43.7 Å². The van der Waals surface area contributed by atoms with E-state index in [1.165, 1.54) is 24.3 Å². The smallest absolute Gasteiger partial charge is 0.266 e. The molecule has 0 amide bonds. The monoisotopic (exact) mass is 351 g/mol. The fourth-order valence-corrected chi connectivity index (χ4v) is 3.35. The van der Waals surface area contributed by atoms with Gasteiger partial charge in [-0.15, -0.1) is 0 Å². The molecule has 1 aromatic carbocycles. The normalized spacial score (nSPS) is 11.2. The van der Waals surface area contributed by atoms with Crippen LogP contribution in [0.5, 0.6) is 0 Å². The number of aryl methyl sites for hydroxylation is 2. The first-order chi connectivity index (χ1) is 10.8. The number of nitriles is 1.